The van der Waals surface area contributed by atoms with Crippen molar-refractivity contribution in [2.45, 2.75) is 19.8 Å². The Labute approximate surface area is 113 Å². The topological polar surface area (TPSA) is 69.6 Å². The van der Waals surface area contributed by atoms with Crippen LogP contribution >= 0.6 is 0 Å². The molecule has 0 aliphatic heterocycles. The van der Waals surface area contributed by atoms with E-state index >= 15 is 0 Å². The van der Waals surface area contributed by atoms with Crippen molar-refractivity contribution in [1.29, 1.82) is 0 Å². The Kier molecular flexibility index (Phi) is 5.85. The van der Waals surface area contributed by atoms with E-state index in [1.807, 2.05) is 25.1 Å². The molecule has 1 aromatic carbocycles. The highest BCUT2D eigenvalue weighted by atomic mass is 16.4. The fraction of sp³-hybridized carbons (Fsp3) is 0.429. The molecule has 0 atom stereocenters. The number of aryl methyl sites for hydroxylation is 1. The molecule has 19 heavy (non-hydrogen) atoms. The zero-order valence-corrected chi connectivity index (χ0v) is 11.3. The molecule has 5 heteroatoms. The van der Waals surface area contributed by atoms with E-state index in [0.29, 0.717) is 6.54 Å². The number of carbonyl (C=O) groups is 2. The minimum atomic E-state index is -0.903. The van der Waals surface area contributed by atoms with E-state index in [1.165, 1.54) is 16.0 Å². The van der Waals surface area contributed by atoms with Gasteiger partial charge >= 0.3 is 12.0 Å². The predicted octanol–water partition coefficient (Wildman–Crippen LogP) is 1.65. The van der Waals surface area contributed by atoms with Crippen molar-refractivity contribution in [3.8, 4) is 0 Å². The monoisotopic (exact) mass is 264 g/mol. The number of carboxylic acids is 1. The SMILES string of the molecule is Cc1cccc(CCNC(=O)N(C)CCC(=O)O)c1. The lowest BCUT2D eigenvalue weighted by Crippen LogP contribution is -2.39. The lowest BCUT2D eigenvalue weighted by atomic mass is 10.1. The molecule has 0 aliphatic carbocycles. The second kappa shape index (κ2) is 7.41. The average Bonchev–Trinajstić information content (AvgIpc) is 2.35. The molecule has 2 N–H and O–H groups in total. The Hall–Kier alpha value is -2.04. The quantitative estimate of drug-likeness (QED) is 0.821. The minimum Gasteiger partial charge on any atom is -0.481 e. The van der Waals surface area contributed by atoms with E-state index in [-0.39, 0.29) is 19.0 Å². The van der Waals surface area contributed by atoms with Gasteiger partial charge in [-0.1, -0.05) is 29.8 Å². The molecule has 0 saturated carbocycles. The first kappa shape index (κ1) is 15.0. The fourth-order valence-corrected chi connectivity index (χ4v) is 1.68. The van der Waals surface area contributed by atoms with Gasteiger partial charge in [0.1, 0.15) is 0 Å². The van der Waals surface area contributed by atoms with Gasteiger partial charge in [0.05, 0.1) is 6.42 Å². The van der Waals surface area contributed by atoms with Crippen molar-refractivity contribution in [2.24, 2.45) is 0 Å². The van der Waals surface area contributed by atoms with Gasteiger partial charge in [0.25, 0.3) is 0 Å². The number of carboxylic acid groups (broad SMARTS) is 1. The van der Waals surface area contributed by atoms with Gasteiger partial charge in [-0.05, 0) is 18.9 Å². The first-order chi connectivity index (χ1) is 8.99. The van der Waals surface area contributed by atoms with Crippen LogP contribution in [0.5, 0.6) is 0 Å². The van der Waals surface area contributed by atoms with E-state index in [1.54, 1.807) is 7.05 Å². The maximum atomic E-state index is 11.6. The molecule has 1 rings (SSSR count). The van der Waals surface area contributed by atoms with Gasteiger partial charge < -0.3 is 15.3 Å². The summed E-state index contributed by atoms with van der Waals surface area (Å²) in [6.45, 7) is 2.78. The highest BCUT2D eigenvalue weighted by molar-refractivity contribution is 5.74. The lowest BCUT2D eigenvalue weighted by Gasteiger charge is -2.16. The molecule has 0 heterocycles. The molecule has 0 bridgehead atoms. The molecule has 0 saturated heterocycles. The Morgan fingerprint density at radius 1 is 1.37 bits per heavy atom. The molecule has 5 nitrogen and oxygen atoms in total. The van der Waals surface area contributed by atoms with Gasteiger partial charge in [0.2, 0.25) is 0 Å². The molecular formula is C14H20N2O3. The number of carbonyl (C=O) groups excluding carboxylic acids is 1. The van der Waals surface area contributed by atoms with Crippen LogP contribution in [0, 0.1) is 6.92 Å². The second-order valence-electron chi connectivity index (χ2n) is 4.54. The van der Waals surface area contributed by atoms with Gasteiger partial charge in [0.15, 0.2) is 0 Å². The highest BCUT2D eigenvalue weighted by Crippen LogP contribution is 2.03. The Bertz CT molecular complexity index is 446. The number of nitrogens with zero attached hydrogens (tertiary/aromatic N) is 1. The summed E-state index contributed by atoms with van der Waals surface area (Å²) in [7, 11) is 1.59. The molecule has 1 aromatic rings. The Morgan fingerprint density at radius 2 is 2.11 bits per heavy atom. The van der Waals surface area contributed by atoms with Crippen molar-refractivity contribution in [2.75, 3.05) is 20.1 Å². The molecule has 104 valence electrons. The second-order valence-corrected chi connectivity index (χ2v) is 4.54. The first-order valence-electron chi connectivity index (χ1n) is 6.25. The van der Waals surface area contributed by atoms with E-state index in [9.17, 15) is 9.59 Å². The fourth-order valence-electron chi connectivity index (χ4n) is 1.68. The van der Waals surface area contributed by atoms with Crippen LogP contribution in [-0.2, 0) is 11.2 Å². The molecule has 2 amide bonds. The summed E-state index contributed by atoms with van der Waals surface area (Å²) in [5, 5.41) is 11.3. The van der Waals surface area contributed by atoms with Gasteiger partial charge in [-0.25, -0.2) is 4.79 Å². The number of hydrogen-bond acceptors (Lipinski definition) is 2. The number of nitrogens with one attached hydrogen (secondary N) is 1. The Morgan fingerprint density at radius 3 is 2.74 bits per heavy atom. The number of aliphatic carboxylic acids is 1. The van der Waals surface area contributed by atoms with Crippen molar-refractivity contribution < 1.29 is 14.7 Å². The van der Waals surface area contributed by atoms with Crippen molar-refractivity contribution in [3.63, 3.8) is 0 Å². The summed E-state index contributed by atoms with van der Waals surface area (Å²) in [5.41, 5.74) is 2.37. The summed E-state index contributed by atoms with van der Waals surface area (Å²) in [6.07, 6.45) is 0.724. The summed E-state index contributed by atoms with van der Waals surface area (Å²) >= 11 is 0. The standard InChI is InChI=1S/C14H20N2O3/c1-11-4-3-5-12(10-11)6-8-15-14(19)16(2)9-7-13(17)18/h3-5,10H,6-9H2,1-2H3,(H,15,19)(H,17,18). The zero-order valence-electron chi connectivity index (χ0n) is 11.3. The molecule has 0 unspecified atom stereocenters. The number of urea groups is 1. The number of benzene rings is 1. The number of hydrogen-bond donors (Lipinski definition) is 2. The van der Waals surface area contributed by atoms with Crippen LogP contribution in [-0.4, -0.2) is 42.1 Å². The molecule has 0 spiro atoms. The highest BCUT2D eigenvalue weighted by Gasteiger charge is 2.09. The smallest absolute Gasteiger partial charge is 0.317 e. The third kappa shape index (κ3) is 5.90. The predicted molar refractivity (Wildman–Crippen MR) is 73.2 cm³/mol. The van der Waals surface area contributed by atoms with Crippen LogP contribution in [0.15, 0.2) is 24.3 Å². The zero-order chi connectivity index (χ0) is 14.3. The Balaban J connectivity index is 2.28. The average molecular weight is 264 g/mol. The van der Waals surface area contributed by atoms with Gasteiger partial charge in [-0.2, -0.15) is 0 Å². The molecule has 0 aliphatic rings. The van der Waals surface area contributed by atoms with Crippen LogP contribution in [0.25, 0.3) is 0 Å². The summed E-state index contributed by atoms with van der Waals surface area (Å²) < 4.78 is 0. The summed E-state index contributed by atoms with van der Waals surface area (Å²) in [6, 6.07) is 7.88. The van der Waals surface area contributed by atoms with Crippen LogP contribution in [0.4, 0.5) is 4.79 Å². The molecule has 0 aromatic heterocycles. The normalized spacial score (nSPS) is 10.0. The van der Waals surface area contributed by atoms with Crippen molar-refractivity contribution >= 4 is 12.0 Å². The van der Waals surface area contributed by atoms with Crippen LogP contribution in [0.2, 0.25) is 0 Å². The first-order valence-corrected chi connectivity index (χ1v) is 6.25. The van der Waals surface area contributed by atoms with E-state index in [0.717, 1.165) is 6.42 Å². The molecule has 0 radical (unpaired) electrons. The van der Waals surface area contributed by atoms with Crippen molar-refractivity contribution in [3.05, 3.63) is 35.4 Å². The van der Waals surface area contributed by atoms with Gasteiger partial charge in [-0.3, -0.25) is 4.79 Å². The third-order valence-electron chi connectivity index (χ3n) is 2.78. The van der Waals surface area contributed by atoms with Crippen molar-refractivity contribution in [1.82, 2.24) is 10.2 Å². The summed E-state index contributed by atoms with van der Waals surface area (Å²) in [4.78, 5) is 23.4. The van der Waals surface area contributed by atoms with Gasteiger partial charge in [0, 0.05) is 20.1 Å². The number of amides is 2. The van der Waals surface area contributed by atoms with Crippen LogP contribution in [0.1, 0.15) is 17.5 Å². The number of rotatable bonds is 6. The molecule has 0 fully saturated rings. The van der Waals surface area contributed by atoms with E-state index < -0.39 is 5.97 Å². The minimum absolute atomic E-state index is 0.0399. The lowest BCUT2D eigenvalue weighted by molar-refractivity contribution is -0.137. The third-order valence-corrected chi connectivity index (χ3v) is 2.78. The van der Waals surface area contributed by atoms with E-state index in [4.69, 9.17) is 5.11 Å². The molecular weight excluding hydrogens is 244 g/mol. The van der Waals surface area contributed by atoms with Crippen LogP contribution in [0.3, 0.4) is 0 Å². The maximum Gasteiger partial charge on any atom is 0.317 e. The van der Waals surface area contributed by atoms with E-state index in [2.05, 4.69) is 11.4 Å². The summed E-state index contributed by atoms with van der Waals surface area (Å²) in [5.74, 6) is -0.903. The van der Waals surface area contributed by atoms with Gasteiger partial charge in [-0.15, -0.1) is 0 Å². The largest absolute Gasteiger partial charge is 0.481 e. The maximum absolute atomic E-state index is 11.6. The van der Waals surface area contributed by atoms with Crippen LogP contribution < -0.4 is 5.32 Å².